The topological polar surface area (TPSA) is 81.1 Å². The van der Waals surface area contributed by atoms with Crippen LogP contribution in [0.25, 0.3) is 5.69 Å². The summed E-state index contributed by atoms with van der Waals surface area (Å²) in [6.07, 6.45) is 3.73. The van der Waals surface area contributed by atoms with Crippen molar-refractivity contribution >= 4 is 11.7 Å². The molecule has 0 spiro atoms. The standard InChI is InChI=1S/C12H12FN3O2/c1-2-11-15-3-4-16(11)10-5-7(12(17)18)9(14)6-8(10)13/h3-6H,2,14H2,1H3,(H,17,18). The summed E-state index contributed by atoms with van der Waals surface area (Å²) in [5.74, 6) is -1.12. The van der Waals surface area contributed by atoms with Gasteiger partial charge in [-0.2, -0.15) is 0 Å². The number of rotatable bonds is 3. The predicted molar refractivity (Wildman–Crippen MR) is 64.3 cm³/mol. The molecule has 0 fully saturated rings. The molecule has 2 rings (SSSR count). The van der Waals surface area contributed by atoms with E-state index in [1.54, 1.807) is 6.20 Å². The Labute approximate surface area is 103 Å². The molecular formula is C12H12FN3O2. The summed E-state index contributed by atoms with van der Waals surface area (Å²) in [4.78, 5) is 15.0. The third-order valence-corrected chi connectivity index (χ3v) is 2.64. The van der Waals surface area contributed by atoms with E-state index < -0.39 is 11.8 Å². The van der Waals surface area contributed by atoms with E-state index in [-0.39, 0.29) is 16.9 Å². The Balaban J connectivity index is 2.64. The third kappa shape index (κ3) is 1.92. The minimum Gasteiger partial charge on any atom is -0.478 e. The highest BCUT2D eigenvalue weighted by atomic mass is 19.1. The summed E-state index contributed by atoms with van der Waals surface area (Å²) in [5.41, 5.74) is 5.39. The van der Waals surface area contributed by atoms with Crippen LogP contribution in [-0.2, 0) is 6.42 Å². The maximum absolute atomic E-state index is 13.9. The normalized spacial score (nSPS) is 10.6. The van der Waals surface area contributed by atoms with E-state index in [0.717, 1.165) is 6.07 Å². The molecule has 0 saturated carbocycles. The number of halogens is 1. The molecule has 94 valence electrons. The smallest absolute Gasteiger partial charge is 0.337 e. The highest BCUT2D eigenvalue weighted by molar-refractivity contribution is 5.94. The monoisotopic (exact) mass is 249 g/mol. The zero-order chi connectivity index (χ0) is 13.3. The third-order valence-electron chi connectivity index (χ3n) is 2.64. The zero-order valence-electron chi connectivity index (χ0n) is 9.72. The first-order chi connectivity index (χ1) is 8.54. The number of benzene rings is 1. The summed E-state index contributed by atoms with van der Waals surface area (Å²) in [6.45, 7) is 1.88. The SMILES string of the molecule is CCc1nccn1-c1cc(C(=O)O)c(N)cc1F. The van der Waals surface area contributed by atoms with Crippen molar-refractivity contribution in [3.8, 4) is 5.69 Å². The molecule has 5 nitrogen and oxygen atoms in total. The molecule has 3 N–H and O–H groups in total. The highest BCUT2D eigenvalue weighted by Crippen LogP contribution is 2.22. The lowest BCUT2D eigenvalue weighted by atomic mass is 10.1. The number of nitrogens with two attached hydrogens (primary N) is 1. The van der Waals surface area contributed by atoms with Gasteiger partial charge in [-0.25, -0.2) is 14.2 Å². The molecule has 0 bridgehead atoms. The van der Waals surface area contributed by atoms with Gasteiger partial charge in [0.25, 0.3) is 0 Å². The number of carboxylic acid groups (broad SMARTS) is 1. The number of hydrogen-bond acceptors (Lipinski definition) is 3. The number of hydrogen-bond donors (Lipinski definition) is 2. The molecule has 6 heteroatoms. The minimum atomic E-state index is -1.19. The summed E-state index contributed by atoms with van der Waals surface area (Å²) >= 11 is 0. The Kier molecular flexibility index (Phi) is 3.01. The Hall–Kier alpha value is -2.37. The summed E-state index contributed by atoms with van der Waals surface area (Å²) in [6, 6.07) is 2.23. The van der Waals surface area contributed by atoms with Gasteiger partial charge in [-0.05, 0) is 12.1 Å². The van der Waals surface area contributed by atoms with Gasteiger partial charge in [-0.1, -0.05) is 6.92 Å². The molecule has 0 saturated heterocycles. The van der Waals surface area contributed by atoms with Gasteiger partial charge in [-0.3, -0.25) is 0 Å². The Morgan fingerprint density at radius 2 is 2.28 bits per heavy atom. The largest absolute Gasteiger partial charge is 0.478 e. The van der Waals surface area contributed by atoms with Gasteiger partial charge in [0, 0.05) is 24.5 Å². The Bertz CT molecular complexity index is 607. The second-order valence-electron chi connectivity index (χ2n) is 3.76. The molecule has 0 aliphatic heterocycles. The number of aromatic nitrogens is 2. The lowest BCUT2D eigenvalue weighted by molar-refractivity contribution is 0.0698. The molecule has 0 unspecified atom stereocenters. The summed E-state index contributed by atoms with van der Waals surface area (Å²) < 4.78 is 15.4. The lowest BCUT2D eigenvalue weighted by Gasteiger charge is -2.10. The minimum absolute atomic E-state index is 0.0955. The van der Waals surface area contributed by atoms with Crippen molar-refractivity contribution in [3.63, 3.8) is 0 Å². The molecule has 2 aromatic rings. The number of aryl methyl sites for hydroxylation is 1. The first-order valence-electron chi connectivity index (χ1n) is 5.39. The van der Waals surface area contributed by atoms with Crippen LogP contribution in [0.2, 0.25) is 0 Å². The number of nitrogen functional groups attached to an aromatic ring is 1. The van der Waals surface area contributed by atoms with E-state index in [0.29, 0.717) is 12.2 Å². The molecule has 0 aliphatic carbocycles. The molecular weight excluding hydrogens is 237 g/mol. The van der Waals surface area contributed by atoms with Gasteiger partial charge < -0.3 is 15.4 Å². The molecule has 18 heavy (non-hydrogen) atoms. The first-order valence-corrected chi connectivity index (χ1v) is 5.39. The second-order valence-corrected chi connectivity index (χ2v) is 3.76. The van der Waals surface area contributed by atoms with Crippen LogP contribution in [0.4, 0.5) is 10.1 Å². The number of carbonyl (C=O) groups is 1. The van der Waals surface area contributed by atoms with Crippen molar-refractivity contribution in [3.05, 3.63) is 41.7 Å². The fourth-order valence-electron chi connectivity index (χ4n) is 1.76. The summed E-state index contributed by atoms with van der Waals surface area (Å²) in [5, 5.41) is 8.98. The number of imidazole rings is 1. The average molecular weight is 249 g/mol. The zero-order valence-corrected chi connectivity index (χ0v) is 9.72. The van der Waals surface area contributed by atoms with E-state index in [1.165, 1.54) is 16.8 Å². The van der Waals surface area contributed by atoms with Crippen molar-refractivity contribution < 1.29 is 14.3 Å². The first kappa shape index (κ1) is 12.1. The van der Waals surface area contributed by atoms with Crippen molar-refractivity contribution in [2.24, 2.45) is 0 Å². The Morgan fingerprint density at radius 3 is 2.89 bits per heavy atom. The molecule has 0 radical (unpaired) electrons. The van der Waals surface area contributed by atoms with E-state index in [2.05, 4.69) is 4.98 Å². The van der Waals surface area contributed by atoms with Crippen molar-refractivity contribution in [1.29, 1.82) is 0 Å². The molecule has 1 aromatic carbocycles. The fourth-order valence-corrected chi connectivity index (χ4v) is 1.76. The molecule has 1 heterocycles. The van der Waals surface area contributed by atoms with Crippen LogP contribution in [0.3, 0.4) is 0 Å². The van der Waals surface area contributed by atoms with Crippen LogP contribution in [-0.4, -0.2) is 20.6 Å². The number of carboxylic acids is 1. The predicted octanol–water partition coefficient (Wildman–Crippen LogP) is 1.85. The lowest BCUT2D eigenvalue weighted by Crippen LogP contribution is -2.08. The Morgan fingerprint density at radius 1 is 1.56 bits per heavy atom. The van der Waals surface area contributed by atoms with Crippen LogP contribution in [0.1, 0.15) is 23.1 Å². The fraction of sp³-hybridized carbons (Fsp3) is 0.167. The second kappa shape index (κ2) is 4.48. The van der Waals surface area contributed by atoms with Crippen molar-refractivity contribution in [2.75, 3.05) is 5.73 Å². The van der Waals surface area contributed by atoms with Crippen LogP contribution >= 0.6 is 0 Å². The maximum atomic E-state index is 13.9. The molecule has 0 atom stereocenters. The van der Waals surface area contributed by atoms with Crippen molar-refractivity contribution in [1.82, 2.24) is 9.55 Å². The number of anilines is 1. The van der Waals surface area contributed by atoms with E-state index in [1.807, 2.05) is 6.92 Å². The van der Waals surface area contributed by atoms with Gasteiger partial charge in [0.2, 0.25) is 0 Å². The molecule has 1 aromatic heterocycles. The van der Waals surface area contributed by atoms with E-state index in [4.69, 9.17) is 10.8 Å². The number of aromatic carboxylic acids is 1. The van der Waals surface area contributed by atoms with E-state index >= 15 is 0 Å². The van der Waals surface area contributed by atoms with Crippen LogP contribution in [0.5, 0.6) is 0 Å². The van der Waals surface area contributed by atoms with Gasteiger partial charge >= 0.3 is 5.97 Å². The van der Waals surface area contributed by atoms with Gasteiger partial charge in [0.15, 0.2) is 0 Å². The molecule has 0 aliphatic rings. The van der Waals surface area contributed by atoms with Crippen molar-refractivity contribution in [2.45, 2.75) is 13.3 Å². The van der Waals surface area contributed by atoms with Gasteiger partial charge in [-0.15, -0.1) is 0 Å². The van der Waals surface area contributed by atoms with Crippen LogP contribution in [0.15, 0.2) is 24.5 Å². The van der Waals surface area contributed by atoms with Gasteiger partial charge in [0.1, 0.15) is 11.6 Å². The van der Waals surface area contributed by atoms with Crippen LogP contribution in [0, 0.1) is 5.82 Å². The van der Waals surface area contributed by atoms with E-state index in [9.17, 15) is 9.18 Å². The quantitative estimate of drug-likeness (QED) is 0.813. The van der Waals surface area contributed by atoms with Crippen LogP contribution < -0.4 is 5.73 Å². The van der Waals surface area contributed by atoms with Gasteiger partial charge in [0.05, 0.1) is 11.3 Å². The maximum Gasteiger partial charge on any atom is 0.337 e. The highest BCUT2D eigenvalue weighted by Gasteiger charge is 2.15. The molecule has 0 amide bonds. The number of nitrogens with zero attached hydrogens (tertiary/aromatic N) is 2. The average Bonchev–Trinajstić information content (AvgIpc) is 2.76. The summed E-state index contributed by atoms with van der Waals surface area (Å²) in [7, 11) is 0.